The maximum atomic E-state index is 12.6. The molecule has 6 heteroatoms. The van der Waals surface area contributed by atoms with Crippen LogP contribution >= 0.6 is 11.6 Å². The molecule has 0 saturated heterocycles. The third-order valence-electron chi connectivity index (χ3n) is 4.39. The van der Waals surface area contributed by atoms with Gasteiger partial charge in [-0.2, -0.15) is 0 Å². The number of amides is 2. The van der Waals surface area contributed by atoms with Crippen molar-refractivity contribution in [1.82, 2.24) is 0 Å². The summed E-state index contributed by atoms with van der Waals surface area (Å²) in [5, 5.41) is 3.25. The first kappa shape index (κ1) is 16.4. The fraction of sp³-hybridized carbons (Fsp3) is 0.100. The first-order chi connectivity index (χ1) is 12.5. The summed E-state index contributed by atoms with van der Waals surface area (Å²) < 4.78 is 5.19. The van der Waals surface area contributed by atoms with Gasteiger partial charge in [-0.15, -0.1) is 0 Å². The number of hydrogen-bond donors (Lipinski definition) is 1. The molecule has 1 N–H and O–H groups in total. The number of aryl methyl sites for hydroxylation is 1. The molecule has 1 aromatic heterocycles. The molecule has 1 aliphatic heterocycles. The Kier molecular flexibility index (Phi) is 4.01. The van der Waals surface area contributed by atoms with Gasteiger partial charge in [-0.05, 0) is 48.9 Å². The molecule has 0 bridgehead atoms. The molecule has 2 amide bonds. The first-order valence-corrected chi connectivity index (χ1v) is 8.47. The first-order valence-electron chi connectivity index (χ1n) is 8.09. The van der Waals surface area contributed by atoms with Gasteiger partial charge in [-0.1, -0.05) is 23.7 Å². The van der Waals surface area contributed by atoms with Gasteiger partial charge in [0.2, 0.25) is 0 Å². The van der Waals surface area contributed by atoms with Gasteiger partial charge in [0.05, 0.1) is 23.4 Å². The molecule has 130 valence electrons. The van der Waals surface area contributed by atoms with E-state index in [2.05, 4.69) is 5.32 Å². The Morgan fingerprint density at radius 1 is 1.15 bits per heavy atom. The third kappa shape index (κ3) is 2.76. The molecule has 3 aromatic rings. The summed E-state index contributed by atoms with van der Waals surface area (Å²) in [6, 6.07) is 14.3. The van der Waals surface area contributed by atoms with Crippen molar-refractivity contribution in [2.24, 2.45) is 0 Å². The van der Waals surface area contributed by atoms with Crippen LogP contribution in [0.1, 0.15) is 32.0 Å². The fourth-order valence-electron chi connectivity index (χ4n) is 3.04. The molecule has 2 heterocycles. The van der Waals surface area contributed by atoms with Crippen molar-refractivity contribution < 1.29 is 14.0 Å². The molecule has 4 rings (SSSR count). The van der Waals surface area contributed by atoms with Gasteiger partial charge in [0.15, 0.2) is 5.76 Å². The van der Waals surface area contributed by atoms with Gasteiger partial charge >= 0.3 is 0 Å². The van der Waals surface area contributed by atoms with Crippen LogP contribution in [0.5, 0.6) is 0 Å². The maximum Gasteiger partial charge on any atom is 0.291 e. The number of rotatable bonds is 3. The molecule has 0 radical (unpaired) electrons. The molecule has 0 atom stereocenters. The van der Waals surface area contributed by atoms with E-state index in [9.17, 15) is 9.59 Å². The maximum absolute atomic E-state index is 12.6. The number of nitrogens with zero attached hydrogens (tertiary/aromatic N) is 1. The van der Waals surface area contributed by atoms with Crippen LogP contribution in [0.15, 0.2) is 59.2 Å². The van der Waals surface area contributed by atoms with Crippen molar-refractivity contribution >= 4 is 34.8 Å². The smallest absolute Gasteiger partial charge is 0.291 e. The van der Waals surface area contributed by atoms with E-state index in [1.54, 1.807) is 41.3 Å². The Morgan fingerprint density at radius 3 is 2.58 bits per heavy atom. The Labute approximate surface area is 155 Å². The minimum absolute atomic E-state index is 0.117. The topological polar surface area (TPSA) is 62.6 Å². The second-order valence-electron chi connectivity index (χ2n) is 6.10. The zero-order valence-corrected chi connectivity index (χ0v) is 14.7. The van der Waals surface area contributed by atoms with Crippen LogP contribution in [-0.2, 0) is 6.54 Å². The van der Waals surface area contributed by atoms with Crippen LogP contribution in [0.4, 0.5) is 11.4 Å². The van der Waals surface area contributed by atoms with E-state index in [1.165, 1.54) is 6.26 Å². The molecular weight excluding hydrogens is 352 g/mol. The van der Waals surface area contributed by atoms with Crippen LogP contribution in [0, 0.1) is 6.92 Å². The number of carbonyl (C=O) groups excluding carboxylic acids is 2. The lowest BCUT2D eigenvalue weighted by molar-refractivity contribution is 0.0988. The number of anilines is 2. The van der Waals surface area contributed by atoms with Crippen molar-refractivity contribution in [3.8, 4) is 0 Å². The quantitative estimate of drug-likeness (QED) is 0.733. The molecule has 0 aliphatic carbocycles. The van der Waals surface area contributed by atoms with E-state index in [1.807, 2.05) is 19.1 Å². The number of fused-ring (bicyclic) bond motifs is 1. The Bertz CT molecular complexity index is 1010. The minimum Gasteiger partial charge on any atom is -0.459 e. The summed E-state index contributed by atoms with van der Waals surface area (Å²) in [7, 11) is 0. The van der Waals surface area contributed by atoms with E-state index in [0.29, 0.717) is 22.8 Å². The Morgan fingerprint density at radius 2 is 1.92 bits per heavy atom. The van der Waals surface area contributed by atoms with E-state index in [4.69, 9.17) is 16.0 Å². The van der Waals surface area contributed by atoms with E-state index in [0.717, 1.165) is 16.8 Å². The van der Waals surface area contributed by atoms with E-state index >= 15 is 0 Å². The standard InChI is InChI=1S/C20H15ClN2O3/c1-12-9-10-26-18(12)19(24)22-14-5-7-15(8-6-14)23-11-13-3-2-4-16(21)17(13)20(23)25/h2-10H,11H2,1H3,(H,22,24). The summed E-state index contributed by atoms with van der Waals surface area (Å²) in [5.74, 6) is -0.140. The highest BCUT2D eigenvalue weighted by Gasteiger charge is 2.30. The second-order valence-corrected chi connectivity index (χ2v) is 6.51. The molecular formula is C20H15ClN2O3. The predicted molar refractivity (Wildman–Crippen MR) is 99.8 cm³/mol. The minimum atomic E-state index is -0.309. The summed E-state index contributed by atoms with van der Waals surface area (Å²) in [4.78, 5) is 26.5. The van der Waals surface area contributed by atoms with Crippen molar-refractivity contribution in [3.05, 3.63) is 82.3 Å². The second kappa shape index (κ2) is 6.35. The average molecular weight is 367 g/mol. The van der Waals surface area contributed by atoms with Gasteiger partial charge in [0.1, 0.15) is 0 Å². The van der Waals surface area contributed by atoms with Gasteiger partial charge in [0, 0.05) is 16.9 Å². The molecule has 1 aliphatic rings. The van der Waals surface area contributed by atoms with Gasteiger partial charge in [-0.25, -0.2) is 0 Å². The number of furan rings is 1. The number of benzene rings is 2. The number of hydrogen-bond acceptors (Lipinski definition) is 3. The van der Waals surface area contributed by atoms with Gasteiger partial charge in [-0.3, -0.25) is 9.59 Å². The largest absolute Gasteiger partial charge is 0.459 e. The summed E-state index contributed by atoms with van der Waals surface area (Å²) in [6.45, 7) is 2.29. The summed E-state index contributed by atoms with van der Waals surface area (Å²) in [6.07, 6.45) is 1.48. The highest BCUT2D eigenvalue weighted by Crippen LogP contribution is 2.33. The van der Waals surface area contributed by atoms with Crippen LogP contribution < -0.4 is 10.2 Å². The van der Waals surface area contributed by atoms with Gasteiger partial charge in [0.25, 0.3) is 11.8 Å². The number of nitrogens with one attached hydrogen (secondary N) is 1. The van der Waals surface area contributed by atoms with Crippen molar-refractivity contribution in [2.75, 3.05) is 10.2 Å². The summed E-state index contributed by atoms with van der Waals surface area (Å²) >= 11 is 6.16. The average Bonchev–Trinajstić information content (AvgIpc) is 3.20. The zero-order valence-electron chi connectivity index (χ0n) is 14.0. The van der Waals surface area contributed by atoms with Crippen LogP contribution in [0.2, 0.25) is 5.02 Å². The lowest BCUT2D eigenvalue weighted by Gasteiger charge is -2.16. The molecule has 0 saturated carbocycles. The molecule has 0 unspecified atom stereocenters. The molecule has 26 heavy (non-hydrogen) atoms. The van der Waals surface area contributed by atoms with E-state index < -0.39 is 0 Å². The lowest BCUT2D eigenvalue weighted by atomic mass is 10.1. The molecule has 0 fully saturated rings. The number of halogens is 1. The van der Waals surface area contributed by atoms with E-state index in [-0.39, 0.29) is 17.6 Å². The SMILES string of the molecule is Cc1ccoc1C(=O)Nc1ccc(N2Cc3cccc(Cl)c3C2=O)cc1. The highest BCUT2D eigenvalue weighted by molar-refractivity contribution is 6.35. The van der Waals surface area contributed by atoms with Crippen molar-refractivity contribution in [2.45, 2.75) is 13.5 Å². The van der Waals surface area contributed by atoms with Crippen molar-refractivity contribution in [3.63, 3.8) is 0 Å². The zero-order chi connectivity index (χ0) is 18.3. The Balaban J connectivity index is 1.52. The highest BCUT2D eigenvalue weighted by atomic mass is 35.5. The number of carbonyl (C=O) groups is 2. The summed E-state index contributed by atoms with van der Waals surface area (Å²) in [5.41, 5.74) is 3.61. The van der Waals surface area contributed by atoms with Crippen LogP contribution in [0.25, 0.3) is 0 Å². The van der Waals surface area contributed by atoms with Crippen LogP contribution in [0.3, 0.4) is 0 Å². The molecule has 0 spiro atoms. The lowest BCUT2D eigenvalue weighted by Crippen LogP contribution is -2.23. The normalized spacial score (nSPS) is 13.0. The molecule has 2 aromatic carbocycles. The van der Waals surface area contributed by atoms with Crippen molar-refractivity contribution in [1.29, 1.82) is 0 Å². The van der Waals surface area contributed by atoms with Crippen LogP contribution in [-0.4, -0.2) is 11.8 Å². The third-order valence-corrected chi connectivity index (χ3v) is 4.71. The monoisotopic (exact) mass is 366 g/mol. The Hall–Kier alpha value is -3.05. The van der Waals surface area contributed by atoms with Gasteiger partial charge < -0.3 is 14.6 Å². The predicted octanol–water partition coefficient (Wildman–Crippen LogP) is 4.65. The fourth-order valence-corrected chi connectivity index (χ4v) is 3.32. The molecule has 5 nitrogen and oxygen atoms in total.